The number of hydrogen-bond acceptors (Lipinski definition) is 2. The first-order valence-corrected chi connectivity index (χ1v) is 5.30. The molecule has 1 aliphatic rings. The maximum absolute atomic E-state index is 11.0. The van der Waals surface area contributed by atoms with Crippen LogP contribution in [-0.4, -0.2) is 11.0 Å². The first-order chi connectivity index (χ1) is 6.84. The maximum atomic E-state index is 11.0. The second kappa shape index (κ2) is 4.31. The highest BCUT2D eigenvalue weighted by atomic mass is 16.1. The molecule has 1 aromatic heterocycles. The summed E-state index contributed by atoms with van der Waals surface area (Å²) in [5, 5.41) is 3.37. The molecule has 0 spiro atoms. The number of hydrogen-bond donors (Lipinski definition) is 2. The van der Waals surface area contributed by atoms with E-state index in [1.54, 1.807) is 6.07 Å². The van der Waals surface area contributed by atoms with Crippen LogP contribution in [0.3, 0.4) is 0 Å². The summed E-state index contributed by atoms with van der Waals surface area (Å²) in [6.45, 7) is 0. The standard InChI is InChI=1S/C11H16N2O/c14-11-8-4-7-10(13-11)12-9-5-2-1-3-6-9/h4,7-9H,1-3,5-6H2,(H2,12,13,14). The fourth-order valence-electron chi connectivity index (χ4n) is 2.00. The molecule has 1 heterocycles. The molecule has 14 heavy (non-hydrogen) atoms. The average Bonchev–Trinajstić information content (AvgIpc) is 2.19. The Morgan fingerprint density at radius 3 is 2.71 bits per heavy atom. The van der Waals surface area contributed by atoms with Crippen molar-refractivity contribution in [3.05, 3.63) is 28.6 Å². The van der Waals surface area contributed by atoms with E-state index in [9.17, 15) is 4.79 Å². The highest BCUT2D eigenvalue weighted by Gasteiger charge is 2.12. The number of rotatable bonds is 2. The molecule has 3 heteroatoms. The van der Waals surface area contributed by atoms with Gasteiger partial charge >= 0.3 is 0 Å². The van der Waals surface area contributed by atoms with Crippen molar-refractivity contribution in [2.45, 2.75) is 38.1 Å². The number of pyridine rings is 1. The summed E-state index contributed by atoms with van der Waals surface area (Å²) in [6, 6.07) is 5.77. The molecule has 3 nitrogen and oxygen atoms in total. The number of nitrogens with one attached hydrogen (secondary N) is 2. The van der Waals surface area contributed by atoms with Gasteiger partial charge in [0, 0.05) is 12.1 Å². The van der Waals surface area contributed by atoms with Gasteiger partial charge in [-0.1, -0.05) is 25.3 Å². The zero-order chi connectivity index (χ0) is 9.80. The third-order valence-corrected chi connectivity index (χ3v) is 2.73. The molecular weight excluding hydrogens is 176 g/mol. The number of aromatic amines is 1. The molecule has 0 bridgehead atoms. The molecule has 76 valence electrons. The summed E-state index contributed by atoms with van der Waals surface area (Å²) in [5.74, 6) is 0.851. The molecule has 0 atom stereocenters. The SMILES string of the molecule is O=c1cccc(NC2CCCCC2)[nH]1. The summed E-state index contributed by atoms with van der Waals surface area (Å²) >= 11 is 0. The van der Waals surface area contributed by atoms with Crippen molar-refractivity contribution < 1.29 is 0 Å². The van der Waals surface area contributed by atoms with E-state index in [-0.39, 0.29) is 5.56 Å². The quantitative estimate of drug-likeness (QED) is 0.753. The lowest BCUT2D eigenvalue weighted by Gasteiger charge is -2.23. The summed E-state index contributed by atoms with van der Waals surface area (Å²) in [7, 11) is 0. The van der Waals surface area contributed by atoms with Gasteiger partial charge in [0.1, 0.15) is 5.82 Å². The van der Waals surface area contributed by atoms with Crippen molar-refractivity contribution in [1.82, 2.24) is 4.98 Å². The second-order valence-corrected chi connectivity index (χ2v) is 3.91. The van der Waals surface area contributed by atoms with Gasteiger partial charge in [-0.05, 0) is 18.9 Å². The summed E-state index contributed by atoms with van der Waals surface area (Å²) in [4.78, 5) is 13.8. The minimum absolute atomic E-state index is 0.0363. The number of aromatic nitrogens is 1. The normalized spacial score (nSPS) is 18.0. The molecular formula is C11H16N2O. The van der Waals surface area contributed by atoms with Crippen LogP contribution in [0.15, 0.2) is 23.0 Å². The molecule has 0 aliphatic heterocycles. The van der Waals surface area contributed by atoms with E-state index in [1.165, 1.54) is 38.2 Å². The van der Waals surface area contributed by atoms with Crippen molar-refractivity contribution >= 4 is 5.82 Å². The zero-order valence-corrected chi connectivity index (χ0v) is 8.25. The maximum Gasteiger partial charge on any atom is 0.249 e. The first kappa shape index (κ1) is 9.31. The Hall–Kier alpha value is -1.25. The van der Waals surface area contributed by atoms with Gasteiger partial charge in [-0.3, -0.25) is 4.79 Å². The van der Waals surface area contributed by atoms with E-state index in [2.05, 4.69) is 10.3 Å². The minimum atomic E-state index is -0.0363. The number of anilines is 1. The van der Waals surface area contributed by atoms with Gasteiger partial charge in [-0.25, -0.2) is 0 Å². The molecule has 0 saturated heterocycles. The molecule has 2 rings (SSSR count). The van der Waals surface area contributed by atoms with Gasteiger partial charge in [0.15, 0.2) is 0 Å². The molecule has 0 radical (unpaired) electrons. The molecule has 0 unspecified atom stereocenters. The van der Waals surface area contributed by atoms with Crippen LogP contribution in [0.1, 0.15) is 32.1 Å². The Kier molecular flexibility index (Phi) is 2.87. The third kappa shape index (κ3) is 2.37. The Labute approximate surface area is 83.5 Å². The predicted octanol–water partition coefficient (Wildman–Crippen LogP) is 2.12. The number of H-pyrrole nitrogens is 1. The lowest BCUT2D eigenvalue weighted by Crippen LogP contribution is -2.23. The summed E-state index contributed by atoms with van der Waals surface area (Å²) < 4.78 is 0. The van der Waals surface area contributed by atoms with Crippen molar-refractivity contribution in [2.24, 2.45) is 0 Å². The largest absolute Gasteiger partial charge is 0.369 e. The fraction of sp³-hybridized carbons (Fsp3) is 0.545. The van der Waals surface area contributed by atoms with Crippen molar-refractivity contribution in [2.75, 3.05) is 5.32 Å². The molecule has 1 aromatic rings. The molecule has 0 aromatic carbocycles. The van der Waals surface area contributed by atoms with Gasteiger partial charge in [-0.2, -0.15) is 0 Å². The van der Waals surface area contributed by atoms with Crippen LogP contribution in [-0.2, 0) is 0 Å². The smallest absolute Gasteiger partial charge is 0.249 e. The Morgan fingerprint density at radius 2 is 2.00 bits per heavy atom. The van der Waals surface area contributed by atoms with Crippen LogP contribution >= 0.6 is 0 Å². The van der Waals surface area contributed by atoms with Gasteiger partial charge in [0.2, 0.25) is 5.56 Å². The first-order valence-electron chi connectivity index (χ1n) is 5.30. The molecule has 1 aliphatic carbocycles. The second-order valence-electron chi connectivity index (χ2n) is 3.91. The topological polar surface area (TPSA) is 44.9 Å². The van der Waals surface area contributed by atoms with Gasteiger partial charge < -0.3 is 10.3 Å². The van der Waals surface area contributed by atoms with Gasteiger partial charge in [-0.15, -0.1) is 0 Å². The van der Waals surface area contributed by atoms with Crippen LogP contribution < -0.4 is 10.9 Å². The summed E-state index contributed by atoms with van der Waals surface area (Å²) in [5.41, 5.74) is -0.0363. The van der Waals surface area contributed by atoms with E-state index in [1.807, 2.05) is 6.07 Å². The van der Waals surface area contributed by atoms with Crippen LogP contribution in [0, 0.1) is 0 Å². The molecule has 1 fully saturated rings. The Bertz CT molecular complexity index is 339. The third-order valence-electron chi connectivity index (χ3n) is 2.73. The van der Waals surface area contributed by atoms with Crippen LogP contribution in [0.5, 0.6) is 0 Å². The molecule has 1 saturated carbocycles. The van der Waals surface area contributed by atoms with Gasteiger partial charge in [0.25, 0.3) is 0 Å². The minimum Gasteiger partial charge on any atom is -0.369 e. The Morgan fingerprint density at radius 1 is 1.21 bits per heavy atom. The zero-order valence-electron chi connectivity index (χ0n) is 8.25. The lowest BCUT2D eigenvalue weighted by atomic mass is 9.95. The van der Waals surface area contributed by atoms with E-state index in [4.69, 9.17) is 0 Å². The van der Waals surface area contributed by atoms with Crippen molar-refractivity contribution in [3.63, 3.8) is 0 Å². The fourth-order valence-corrected chi connectivity index (χ4v) is 2.00. The van der Waals surface area contributed by atoms with E-state index in [0.29, 0.717) is 6.04 Å². The predicted molar refractivity (Wildman–Crippen MR) is 57.6 cm³/mol. The van der Waals surface area contributed by atoms with Crippen LogP contribution in [0.2, 0.25) is 0 Å². The highest BCUT2D eigenvalue weighted by molar-refractivity contribution is 5.34. The monoisotopic (exact) mass is 192 g/mol. The van der Waals surface area contributed by atoms with Crippen molar-refractivity contribution in [1.29, 1.82) is 0 Å². The van der Waals surface area contributed by atoms with E-state index in [0.717, 1.165) is 5.82 Å². The molecule has 2 N–H and O–H groups in total. The van der Waals surface area contributed by atoms with E-state index >= 15 is 0 Å². The van der Waals surface area contributed by atoms with Gasteiger partial charge in [0.05, 0.1) is 0 Å². The van der Waals surface area contributed by atoms with Crippen LogP contribution in [0.4, 0.5) is 5.82 Å². The molecule has 0 amide bonds. The van der Waals surface area contributed by atoms with Crippen molar-refractivity contribution in [3.8, 4) is 0 Å². The van der Waals surface area contributed by atoms with Crippen LogP contribution in [0.25, 0.3) is 0 Å². The lowest BCUT2D eigenvalue weighted by molar-refractivity contribution is 0.462. The highest BCUT2D eigenvalue weighted by Crippen LogP contribution is 2.20. The van der Waals surface area contributed by atoms with E-state index < -0.39 is 0 Å². The Balaban J connectivity index is 1.99. The summed E-state index contributed by atoms with van der Waals surface area (Å²) in [6.07, 6.45) is 6.39. The average molecular weight is 192 g/mol.